The number of amides is 1. The molecule has 0 radical (unpaired) electrons. The van der Waals surface area contributed by atoms with Crippen LogP contribution in [0.5, 0.6) is 5.75 Å². The second-order valence-corrected chi connectivity index (χ2v) is 7.15. The molecule has 0 heterocycles. The zero-order chi connectivity index (χ0) is 20.8. The Labute approximate surface area is 179 Å². The number of hydrogen-bond donors (Lipinski definition) is 1. The van der Waals surface area contributed by atoms with Gasteiger partial charge in [0.2, 0.25) is 0 Å². The van der Waals surface area contributed by atoms with Gasteiger partial charge in [0, 0.05) is 10.6 Å². The molecule has 0 unspecified atom stereocenters. The topological polar surface area (TPSA) is 50.7 Å². The van der Waals surface area contributed by atoms with E-state index >= 15 is 0 Å². The minimum atomic E-state index is -0.246. The lowest BCUT2D eigenvalue weighted by Gasteiger charge is -2.07. The predicted octanol–water partition coefficient (Wildman–Crippen LogP) is 5.84. The third-order valence-electron chi connectivity index (χ3n) is 4.59. The third kappa shape index (κ3) is 4.85. The molecule has 4 rings (SSSR count). The van der Waals surface area contributed by atoms with Crippen LogP contribution in [0.3, 0.4) is 0 Å². The number of ether oxygens (including phenoxy) is 1. The summed E-state index contributed by atoms with van der Waals surface area (Å²) in [5, 5.41) is 6.68. The van der Waals surface area contributed by atoms with E-state index in [1.165, 1.54) is 0 Å². The molecule has 1 amide bonds. The number of carbonyl (C=O) groups is 1. The number of hydrogen-bond acceptors (Lipinski definition) is 3. The first-order chi connectivity index (χ1) is 14.7. The minimum absolute atomic E-state index is 0.246. The molecule has 0 fully saturated rings. The highest BCUT2D eigenvalue weighted by molar-refractivity contribution is 6.30. The fourth-order valence-corrected chi connectivity index (χ4v) is 3.31. The van der Waals surface area contributed by atoms with Gasteiger partial charge >= 0.3 is 0 Å². The van der Waals surface area contributed by atoms with Crippen molar-refractivity contribution in [3.8, 4) is 5.75 Å². The molecule has 148 valence electrons. The van der Waals surface area contributed by atoms with E-state index in [1.807, 2.05) is 84.9 Å². The molecule has 0 aromatic heterocycles. The second kappa shape index (κ2) is 9.25. The van der Waals surface area contributed by atoms with Crippen molar-refractivity contribution in [3.63, 3.8) is 0 Å². The summed E-state index contributed by atoms with van der Waals surface area (Å²) in [6.45, 7) is 0.440. The van der Waals surface area contributed by atoms with Gasteiger partial charge in [-0.1, -0.05) is 60.1 Å². The number of nitrogens with zero attached hydrogens (tertiary/aromatic N) is 1. The van der Waals surface area contributed by atoms with Crippen LogP contribution in [0.1, 0.15) is 21.5 Å². The first kappa shape index (κ1) is 19.7. The molecule has 4 aromatic carbocycles. The number of rotatable bonds is 6. The highest BCUT2D eigenvalue weighted by atomic mass is 35.5. The molecule has 0 saturated carbocycles. The van der Waals surface area contributed by atoms with Crippen molar-refractivity contribution < 1.29 is 9.53 Å². The first-order valence-corrected chi connectivity index (χ1v) is 9.85. The van der Waals surface area contributed by atoms with Crippen molar-refractivity contribution in [2.24, 2.45) is 5.10 Å². The smallest absolute Gasteiger partial charge is 0.271 e. The summed E-state index contributed by atoms with van der Waals surface area (Å²) in [5.41, 5.74) is 5.04. The Hall–Kier alpha value is -3.63. The Morgan fingerprint density at radius 3 is 2.53 bits per heavy atom. The summed E-state index contributed by atoms with van der Waals surface area (Å²) in [4.78, 5) is 12.5. The number of fused-ring (bicyclic) bond motifs is 1. The second-order valence-electron chi connectivity index (χ2n) is 6.71. The molecule has 30 heavy (non-hydrogen) atoms. The van der Waals surface area contributed by atoms with Crippen molar-refractivity contribution in [3.05, 3.63) is 113 Å². The summed E-state index contributed by atoms with van der Waals surface area (Å²) >= 11 is 5.99. The fourth-order valence-electron chi connectivity index (χ4n) is 3.09. The largest absolute Gasteiger partial charge is 0.489 e. The van der Waals surface area contributed by atoms with E-state index in [9.17, 15) is 4.79 Å². The molecule has 4 nitrogen and oxygen atoms in total. The van der Waals surface area contributed by atoms with Crippen LogP contribution in [-0.4, -0.2) is 12.1 Å². The lowest BCUT2D eigenvalue weighted by molar-refractivity contribution is 0.0957. The molecule has 0 aliphatic rings. The maximum Gasteiger partial charge on any atom is 0.271 e. The molecule has 0 saturated heterocycles. The van der Waals surface area contributed by atoms with Crippen LogP contribution in [-0.2, 0) is 6.61 Å². The van der Waals surface area contributed by atoms with Crippen LogP contribution < -0.4 is 10.2 Å². The van der Waals surface area contributed by atoms with E-state index < -0.39 is 0 Å². The van der Waals surface area contributed by atoms with Gasteiger partial charge < -0.3 is 4.74 Å². The average molecular weight is 415 g/mol. The molecule has 4 aromatic rings. The average Bonchev–Trinajstić information content (AvgIpc) is 2.78. The SMILES string of the molecule is O=C(N/N=C\c1ccc(OCc2cccc(Cl)c2)cc1)c1cccc2ccccc12. The van der Waals surface area contributed by atoms with Crippen molar-refractivity contribution in [1.82, 2.24) is 5.43 Å². The molecule has 5 heteroatoms. The van der Waals surface area contributed by atoms with Gasteiger partial charge in [-0.3, -0.25) is 4.79 Å². The number of halogens is 1. The van der Waals surface area contributed by atoms with Crippen LogP contribution >= 0.6 is 11.6 Å². The van der Waals surface area contributed by atoms with Gasteiger partial charge in [0.15, 0.2) is 0 Å². The van der Waals surface area contributed by atoms with Gasteiger partial charge in [0.05, 0.1) is 6.21 Å². The third-order valence-corrected chi connectivity index (χ3v) is 4.82. The van der Waals surface area contributed by atoms with E-state index in [4.69, 9.17) is 16.3 Å². The van der Waals surface area contributed by atoms with Crippen LogP contribution in [0.4, 0.5) is 0 Å². The number of nitrogens with one attached hydrogen (secondary N) is 1. The van der Waals surface area contributed by atoms with Gasteiger partial charge in [-0.25, -0.2) is 5.43 Å². The maximum absolute atomic E-state index is 12.5. The van der Waals surface area contributed by atoms with E-state index in [2.05, 4.69) is 10.5 Å². The van der Waals surface area contributed by atoms with Crippen LogP contribution in [0, 0.1) is 0 Å². The van der Waals surface area contributed by atoms with Gasteiger partial charge in [-0.2, -0.15) is 5.10 Å². The van der Waals surface area contributed by atoms with Gasteiger partial charge in [0.25, 0.3) is 5.91 Å². The molecule has 1 N–H and O–H groups in total. The van der Waals surface area contributed by atoms with Gasteiger partial charge in [-0.05, 0) is 64.4 Å². The quantitative estimate of drug-likeness (QED) is 0.318. The standard InChI is InChI=1S/C25H19ClN2O2/c26-21-8-3-5-19(15-21)17-30-22-13-11-18(12-14-22)16-27-28-25(29)24-10-4-7-20-6-1-2-9-23(20)24/h1-16H,17H2,(H,28,29)/b27-16-. The Kier molecular flexibility index (Phi) is 6.06. The molecule has 0 bridgehead atoms. The summed E-state index contributed by atoms with van der Waals surface area (Å²) in [5.74, 6) is 0.497. The molecule has 0 spiro atoms. The molecule has 0 aliphatic heterocycles. The fraction of sp³-hybridized carbons (Fsp3) is 0.0400. The molecule has 0 atom stereocenters. The molecular weight excluding hydrogens is 396 g/mol. The molecular formula is C25H19ClN2O2. The zero-order valence-electron chi connectivity index (χ0n) is 16.1. The van der Waals surface area contributed by atoms with Crippen LogP contribution in [0.2, 0.25) is 5.02 Å². The van der Waals surface area contributed by atoms with Crippen molar-refractivity contribution in [2.45, 2.75) is 6.61 Å². The van der Waals surface area contributed by atoms with Crippen molar-refractivity contribution in [1.29, 1.82) is 0 Å². The highest BCUT2D eigenvalue weighted by Crippen LogP contribution is 2.18. The number of benzene rings is 4. The van der Waals surface area contributed by atoms with E-state index in [-0.39, 0.29) is 5.91 Å². The normalized spacial score (nSPS) is 11.0. The lowest BCUT2D eigenvalue weighted by atomic mass is 10.0. The lowest BCUT2D eigenvalue weighted by Crippen LogP contribution is -2.17. The summed E-state index contributed by atoms with van der Waals surface area (Å²) in [6, 6.07) is 28.4. The van der Waals surface area contributed by atoms with E-state index in [0.717, 1.165) is 27.6 Å². The minimum Gasteiger partial charge on any atom is -0.489 e. The number of carbonyl (C=O) groups excluding carboxylic acids is 1. The van der Waals surface area contributed by atoms with Gasteiger partial charge in [-0.15, -0.1) is 0 Å². The number of hydrazone groups is 1. The predicted molar refractivity (Wildman–Crippen MR) is 121 cm³/mol. The van der Waals surface area contributed by atoms with E-state index in [0.29, 0.717) is 17.2 Å². The molecule has 0 aliphatic carbocycles. The Bertz CT molecular complexity index is 1200. The first-order valence-electron chi connectivity index (χ1n) is 9.47. The summed E-state index contributed by atoms with van der Waals surface area (Å²) < 4.78 is 5.77. The maximum atomic E-state index is 12.5. The summed E-state index contributed by atoms with van der Waals surface area (Å²) in [6.07, 6.45) is 1.60. The Balaban J connectivity index is 1.35. The van der Waals surface area contributed by atoms with Crippen molar-refractivity contribution >= 4 is 34.5 Å². The zero-order valence-corrected chi connectivity index (χ0v) is 16.8. The highest BCUT2D eigenvalue weighted by Gasteiger charge is 2.08. The van der Waals surface area contributed by atoms with Crippen molar-refractivity contribution in [2.75, 3.05) is 0 Å². The monoisotopic (exact) mass is 414 g/mol. The van der Waals surface area contributed by atoms with E-state index in [1.54, 1.807) is 12.3 Å². The van der Waals surface area contributed by atoms with Crippen LogP contribution in [0.15, 0.2) is 96.1 Å². The Morgan fingerprint density at radius 1 is 0.933 bits per heavy atom. The van der Waals surface area contributed by atoms with Crippen LogP contribution in [0.25, 0.3) is 10.8 Å². The van der Waals surface area contributed by atoms with Gasteiger partial charge in [0.1, 0.15) is 12.4 Å². The summed E-state index contributed by atoms with van der Waals surface area (Å²) in [7, 11) is 0. The Morgan fingerprint density at radius 2 is 1.70 bits per heavy atom.